The summed E-state index contributed by atoms with van der Waals surface area (Å²) in [6.07, 6.45) is 0.428. The Balaban J connectivity index is 2.58. The van der Waals surface area contributed by atoms with E-state index in [1.807, 2.05) is 0 Å². The highest BCUT2D eigenvalue weighted by Crippen LogP contribution is 2.32. The van der Waals surface area contributed by atoms with Crippen LogP contribution < -0.4 is 0 Å². The molecule has 0 radical (unpaired) electrons. The first-order valence-electron chi connectivity index (χ1n) is 5.94. The first-order chi connectivity index (χ1) is 9.76. The first-order valence-corrected chi connectivity index (χ1v) is 7.38. The summed E-state index contributed by atoms with van der Waals surface area (Å²) in [6, 6.07) is 1.41. The van der Waals surface area contributed by atoms with Gasteiger partial charge in [-0.3, -0.25) is 14.9 Å². The molecule has 8 nitrogen and oxygen atoms in total. The van der Waals surface area contributed by atoms with Crippen LogP contribution >= 0.6 is 0 Å². The second-order valence-electron chi connectivity index (χ2n) is 4.46. The maximum Gasteiger partial charge on any atom is 0.324 e. The number of carbonyl (C=O) groups is 1. The third-order valence-corrected chi connectivity index (χ3v) is 5.15. The van der Waals surface area contributed by atoms with E-state index in [9.17, 15) is 27.7 Å². The third-order valence-electron chi connectivity index (χ3n) is 3.21. The fourth-order valence-electron chi connectivity index (χ4n) is 2.28. The van der Waals surface area contributed by atoms with Gasteiger partial charge in [0.1, 0.15) is 6.04 Å². The van der Waals surface area contributed by atoms with E-state index in [2.05, 4.69) is 0 Å². The van der Waals surface area contributed by atoms with Crippen molar-refractivity contribution < 1.29 is 27.6 Å². The highest BCUT2D eigenvalue weighted by molar-refractivity contribution is 7.89. The van der Waals surface area contributed by atoms with E-state index < -0.39 is 43.4 Å². The predicted octanol–water partition coefficient (Wildman–Crippen LogP) is 0.972. The standard InChI is InChI=1S/C11H11FN2O6S/c12-7-3-1-5-9(10(7)14(17)18)21(19,20)13-6-2-4-8(13)11(15)16/h1,3,5,8H,2,4,6H2,(H,15,16). The van der Waals surface area contributed by atoms with Crippen LogP contribution in [0.3, 0.4) is 0 Å². The summed E-state index contributed by atoms with van der Waals surface area (Å²) >= 11 is 0. The molecule has 0 amide bonds. The Labute approximate surface area is 119 Å². The van der Waals surface area contributed by atoms with Crippen molar-refractivity contribution in [3.05, 3.63) is 34.1 Å². The van der Waals surface area contributed by atoms with E-state index in [0.29, 0.717) is 10.7 Å². The number of para-hydroxylation sites is 1. The molecule has 10 heteroatoms. The Morgan fingerprint density at radius 3 is 2.71 bits per heavy atom. The van der Waals surface area contributed by atoms with E-state index in [0.717, 1.165) is 18.2 Å². The number of nitro benzene ring substituents is 1. The van der Waals surface area contributed by atoms with Crippen LogP contribution in [-0.2, 0) is 14.8 Å². The van der Waals surface area contributed by atoms with Crippen molar-refractivity contribution in [1.82, 2.24) is 4.31 Å². The lowest BCUT2D eigenvalue weighted by Crippen LogP contribution is -2.40. The largest absolute Gasteiger partial charge is 0.480 e. The molecule has 1 fully saturated rings. The molecule has 1 saturated heterocycles. The van der Waals surface area contributed by atoms with Gasteiger partial charge in [0, 0.05) is 6.54 Å². The second-order valence-corrected chi connectivity index (χ2v) is 6.31. The van der Waals surface area contributed by atoms with E-state index in [-0.39, 0.29) is 13.0 Å². The molecule has 1 N–H and O–H groups in total. The number of hydrogen-bond donors (Lipinski definition) is 1. The minimum atomic E-state index is -4.46. The Hall–Kier alpha value is -2.07. The molecule has 1 atom stereocenters. The summed E-state index contributed by atoms with van der Waals surface area (Å²) in [6.45, 7) is -0.0764. The molecule has 0 aliphatic carbocycles. The molecular weight excluding hydrogens is 307 g/mol. The van der Waals surface area contributed by atoms with Gasteiger partial charge in [0.25, 0.3) is 10.0 Å². The Kier molecular flexibility index (Phi) is 3.92. The molecule has 1 heterocycles. The number of rotatable bonds is 4. The van der Waals surface area contributed by atoms with Gasteiger partial charge in [-0.2, -0.15) is 8.70 Å². The van der Waals surface area contributed by atoms with Crippen LogP contribution in [0.4, 0.5) is 10.1 Å². The fraction of sp³-hybridized carbons (Fsp3) is 0.364. The van der Waals surface area contributed by atoms with Crippen molar-refractivity contribution in [2.24, 2.45) is 0 Å². The highest BCUT2D eigenvalue weighted by Gasteiger charge is 2.42. The fourth-order valence-corrected chi connectivity index (χ4v) is 4.10. The van der Waals surface area contributed by atoms with E-state index >= 15 is 0 Å². The van der Waals surface area contributed by atoms with Gasteiger partial charge in [0.15, 0.2) is 4.90 Å². The van der Waals surface area contributed by atoms with Gasteiger partial charge in [-0.25, -0.2) is 8.42 Å². The van der Waals surface area contributed by atoms with Gasteiger partial charge in [-0.15, -0.1) is 0 Å². The maximum atomic E-state index is 13.5. The van der Waals surface area contributed by atoms with Crippen LogP contribution in [0.25, 0.3) is 0 Å². The van der Waals surface area contributed by atoms with E-state index in [1.165, 1.54) is 0 Å². The van der Waals surface area contributed by atoms with Gasteiger partial charge in [-0.05, 0) is 25.0 Å². The molecule has 0 aromatic heterocycles. The number of benzene rings is 1. The number of nitrogens with zero attached hydrogens (tertiary/aromatic N) is 2. The summed E-state index contributed by atoms with van der Waals surface area (Å²) in [7, 11) is -4.46. The van der Waals surface area contributed by atoms with Crippen LogP contribution in [-0.4, -0.2) is 41.3 Å². The maximum absolute atomic E-state index is 13.5. The van der Waals surface area contributed by atoms with Gasteiger partial charge >= 0.3 is 11.7 Å². The van der Waals surface area contributed by atoms with Crippen molar-refractivity contribution >= 4 is 21.7 Å². The van der Waals surface area contributed by atoms with Crippen LogP contribution in [0.5, 0.6) is 0 Å². The molecule has 0 spiro atoms. The van der Waals surface area contributed by atoms with Crippen LogP contribution in [0.15, 0.2) is 23.1 Å². The summed E-state index contributed by atoms with van der Waals surface area (Å²) in [4.78, 5) is 20.0. The van der Waals surface area contributed by atoms with E-state index in [4.69, 9.17) is 5.11 Å². The molecule has 0 saturated carbocycles. The highest BCUT2D eigenvalue weighted by atomic mass is 32.2. The number of aliphatic carboxylic acids is 1. The Bertz CT molecular complexity index is 705. The third kappa shape index (κ3) is 2.59. The Morgan fingerprint density at radius 2 is 2.14 bits per heavy atom. The summed E-state index contributed by atoms with van der Waals surface area (Å²) in [5, 5.41) is 19.9. The first kappa shape index (κ1) is 15.3. The summed E-state index contributed by atoms with van der Waals surface area (Å²) in [5.74, 6) is -2.62. The number of sulfonamides is 1. The lowest BCUT2D eigenvalue weighted by atomic mass is 10.2. The predicted molar refractivity (Wildman–Crippen MR) is 67.6 cm³/mol. The molecule has 1 aromatic carbocycles. The molecule has 1 unspecified atom stereocenters. The zero-order valence-electron chi connectivity index (χ0n) is 10.6. The smallest absolute Gasteiger partial charge is 0.324 e. The topological polar surface area (TPSA) is 118 Å². The summed E-state index contributed by atoms with van der Waals surface area (Å²) in [5.41, 5.74) is -1.17. The van der Waals surface area contributed by atoms with Gasteiger partial charge in [0.2, 0.25) is 5.82 Å². The lowest BCUT2D eigenvalue weighted by Gasteiger charge is -2.20. The molecule has 1 aromatic rings. The minimum Gasteiger partial charge on any atom is -0.480 e. The molecule has 1 aliphatic rings. The van der Waals surface area contributed by atoms with Gasteiger partial charge < -0.3 is 5.11 Å². The molecule has 1 aliphatic heterocycles. The SMILES string of the molecule is O=C(O)C1CCCN1S(=O)(=O)c1cccc(F)c1[N+](=O)[O-]. The number of halogens is 1. The van der Waals surface area contributed by atoms with Crippen molar-refractivity contribution in [2.45, 2.75) is 23.8 Å². The van der Waals surface area contributed by atoms with Crippen LogP contribution in [0.1, 0.15) is 12.8 Å². The second kappa shape index (κ2) is 5.37. The molecule has 2 rings (SSSR count). The molecule has 21 heavy (non-hydrogen) atoms. The quantitative estimate of drug-likeness (QED) is 0.653. The van der Waals surface area contributed by atoms with Gasteiger partial charge in [-0.1, -0.05) is 6.07 Å². The zero-order valence-corrected chi connectivity index (χ0v) is 11.4. The average Bonchev–Trinajstić information content (AvgIpc) is 2.87. The summed E-state index contributed by atoms with van der Waals surface area (Å²) < 4.78 is 39.0. The van der Waals surface area contributed by atoms with Crippen molar-refractivity contribution in [3.8, 4) is 0 Å². The number of nitro groups is 1. The number of carboxylic acid groups (broad SMARTS) is 1. The number of carboxylic acids is 1. The van der Waals surface area contributed by atoms with Crippen molar-refractivity contribution in [2.75, 3.05) is 6.54 Å². The van der Waals surface area contributed by atoms with Crippen LogP contribution in [0, 0.1) is 15.9 Å². The number of hydrogen-bond acceptors (Lipinski definition) is 5. The molecule has 114 valence electrons. The van der Waals surface area contributed by atoms with E-state index in [1.54, 1.807) is 0 Å². The average molecular weight is 318 g/mol. The normalized spacial score (nSPS) is 19.6. The van der Waals surface area contributed by atoms with Crippen molar-refractivity contribution in [1.29, 1.82) is 0 Å². The van der Waals surface area contributed by atoms with Crippen molar-refractivity contribution in [3.63, 3.8) is 0 Å². The molecular formula is C11H11FN2O6S. The van der Waals surface area contributed by atoms with Gasteiger partial charge in [0.05, 0.1) is 4.92 Å². The lowest BCUT2D eigenvalue weighted by molar-refractivity contribution is -0.390. The minimum absolute atomic E-state index is 0.0764. The Morgan fingerprint density at radius 1 is 1.48 bits per heavy atom. The molecule has 0 bridgehead atoms. The van der Waals surface area contributed by atoms with Crippen LogP contribution in [0.2, 0.25) is 0 Å². The monoisotopic (exact) mass is 318 g/mol. The zero-order chi connectivity index (χ0) is 15.8.